The Labute approximate surface area is 167 Å². The van der Waals surface area contributed by atoms with Crippen LogP contribution in [0.4, 0.5) is 5.69 Å². The van der Waals surface area contributed by atoms with Gasteiger partial charge in [-0.25, -0.2) is 4.79 Å². The lowest BCUT2D eigenvalue weighted by Gasteiger charge is -2.12. The predicted molar refractivity (Wildman–Crippen MR) is 114 cm³/mol. The molecule has 0 unspecified atom stereocenters. The molecule has 0 fully saturated rings. The van der Waals surface area contributed by atoms with E-state index in [0.717, 1.165) is 22.9 Å². The van der Waals surface area contributed by atoms with Crippen molar-refractivity contribution in [3.8, 4) is 16.9 Å². The van der Waals surface area contributed by atoms with Crippen LogP contribution in [0.5, 0.6) is 5.75 Å². The number of hydrogen-bond acceptors (Lipinski definition) is 4. The highest BCUT2D eigenvalue weighted by Crippen LogP contribution is 2.27. The Morgan fingerprint density at radius 3 is 2.43 bits per heavy atom. The number of nitrogens with one attached hydrogen (secondary N) is 2. The van der Waals surface area contributed by atoms with Crippen LogP contribution < -0.4 is 10.7 Å². The molecule has 0 spiro atoms. The first-order valence-corrected chi connectivity index (χ1v) is 8.76. The van der Waals surface area contributed by atoms with E-state index < -0.39 is 5.97 Å². The Bertz CT molecular complexity index is 1040. The number of thiocarbonyl (C=S) groups is 1. The second-order valence-corrected chi connectivity index (χ2v) is 6.22. The van der Waals surface area contributed by atoms with E-state index in [1.165, 1.54) is 18.3 Å². The largest absolute Gasteiger partial charge is 0.507 e. The zero-order valence-electron chi connectivity index (χ0n) is 14.7. The average Bonchev–Trinajstić information content (AvgIpc) is 2.70. The van der Waals surface area contributed by atoms with Gasteiger partial charge in [0, 0.05) is 16.8 Å². The van der Waals surface area contributed by atoms with Crippen LogP contribution in [0.2, 0.25) is 0 Å². The van der Waals surface area contributed by atoms with Gasteiger partial charge < -0.3 is 15.5 Å². The maximum Gasteiger partial charge on any atom is 0.335 e. The number of aromatic carboxylic acids is 1. The summed E-state index contributed by atoms with van der Waals surface area (Å²) >= 11 is 5.27. The molecule has 0 aromatic heterocycles. The highest BCUT2D eigenvalue weighted by Gasteiger charge is 2.07. The number of carboxylic acids is 1. The molecule has 4 N–H and O–H groups in total. The maximum absolute atomic E-state index is 10.9. The van der Waals surface area contributed by atoms with Gasteiger partial charge in [0.05, 0.1) is 11.8 Å². The van der Waals surface area contributed by atoms with E-state index in [2.05, 4.69) is 15.8 Å². The lowest BCUT2D eigenvalue weighted by Crippen LogP contribution is -2.24. The predicted octanol–water partition coefficient (Wildman–Crippen LogP) is 4.08. The van der Waals surface area contributed by atoms with E-state index in [-0.39, 0.29) is 16.4 Å². The van der Waals surface area contributed by atoms with E-state index in [9.17, 15) is 9.90 Å². The number of anilines is 1. The summed E-state index contributed by atoms with van der Waals surface area (Å²) in [6.45, 7) is 0. The van der Waals surface area contributed by atoms with Crippen LogP contribution in [-0.2, 0) is 0 Å². The number of carbonyl (C=O) groups is 1. The molecule has 0 bridgehead atoms. The zero-order valence-corrected chi connectivity index (χ0v) is 15.5. The van der Waals surface area contributed by atoms with Gasteiger partial charge in [-0.3, -0.25) is 5.43 Å². The van der Waals surface area contributed by atoms with Crippen LogP contribution in [0.3, 0.4) is 0 Å². The molecule has 0 aliphatic rings. The van der Waals surface area contributed by atoms with E-state index in [1.54, 1.807) is 0 Å². The van der Waals surface area contributed by atoms with Crippen molar-refractivity contribution in [3.63, 3.8) is 0 Å². The topological polar surface area (TPSA) is 94.0 Å². The fourth-order valence-electron chi connectivity index (χ4n) is 2.56. The van der Waals surface area contributed by atoms with Crippen molar-refractivity contribution in [2.45, 2.75) is 0 Å². The Hall–Kier alpha value is -3.71. The number of para-hydroxylation sites is 1. The number of benzene rings is 3. The van der Waals surface area contributed by atoms with E-state index in [1.807, 2.05) is 54.6 Å². The molecule has 3 aromatic rings. The summed E-state index contributed by atoms with van der Waals surface area (Å²) in [5.41, 5.74) is 5.93. The van der Waals surface area contributed by atoms with Gasteiger partial charge in [0.1, 0.15) is 5.75 Å². The molecule has 0 amide bonds. The molecule has 6 nitrogen and oxygen atoms in total. The molecule has 0 atom stereocenters. The first-order valence-electron chi connectivity index (χ1n) is 8.35. The van der Waals surface area contributed by atoms with Crippen molar-refractivity contribution in [2.24, 2.45) is 5.10 Å². The Kier molecular flexibility index (Phi) is 5.98. The van der Waals surface area contributed by atoms with Crippen LogP contribution in [0, 0.1) is 0 Å². The molecule has 28 heavy (non-hydrogen) atoms. The summed E-state index contributed by atoms with van der Waals surface area (Å²) in [4.78, 5) is 10.9. The smallest absolute Gasteiger partial charge is 0.335 e. The van der Waals surface area contributed by atoms with Crippen LogP contribution in [0.25, 0.3) is 11.1 Å². The molecule has 0 aliphatic carbocycles. The maximum atomic E-state index is 10.9. The Morgan fingerprint density at radius 2 is 1.71 bits per heavy atom. The zero-order chi connectivity index (χ0) is 19.9. The second-order valence-electron chi connectivity index (χ2n) is 5.81. The highest BCUT2D eigenvalue weighted by atomic mass is 32.1. The van der Waals surface area contributed by atoms with E-state index in [0.29, 0.717) is 5.56 Å². The van der Waals surface area contributed by atoms with Crippen molar-refractivity contribution in [1.29, 1.82) is 0 Å². The Morgan fingerprint density at radius 1 is 1.00 bits per heavy atom. The number of hydrazone groups is 1. The molecular formula is C21H17N3O3S. The molecule has 0 radical (unpaired) electrons. The summed E-state index contributed by atoms with van der Waals surface area (Å²) in [5, 5.41) is 26.2. The van der Waals surface area contributed by atoms with Gasteiger partial charge in [-0.15, -0.1) is 0 Å². The lowest BCUT2D eigenvalue weighted by atomic mass is 10.0. The van der Waals surface area contributed by atoms with E-state index in [4.69, 9.17) is 17.3 Å². The van der Waals surface area contributed by atoms with Crippen molar-refractivity contribution >= 4 is 35.2 Å². The van der Waals surface area contributed by atoms with Crippen LogP contribution in [-0.4, -0.2) is 27.5 Å². The molecule has 3 aromatic carbocycles. The molecule has 3 rings (SSSR count). The summed E-state index contributed by atoms with van der Waals surface area (Å²) in [5.74, 6) is -1.29. The SMILES string of the molecule is O=C(O)c1ccc(C=NNC(=S)Nc2ccccc2-c2ccccc2)c(O)c1. The fraction of sp³-hybridized carbons (Fsp3) is 0. The van der Waals surface area contributed by atoms with Gasteiger partial charge in [-0.2, -0.15) is 5.10 Å². The number of carboxylic acid groups (broad SMARTS) is 1. The molecule has 0 aliphatic heterocycles. The van der Waals surface area contributed by atoms with Crippen LogP contribution in [0.15, 0.2) is 77.9 Å². The minimum Gasteiger partial charge on any atom is -0.507 e. The minimum atomic E-state index is -1.11. The normalized spacial score (nSPS) is 10.6. The summed E-state index contributed by atoms with van der Waals surface area (Å²) in [6, 6.07) is 21.7. The summed E-state index contributed by atoms with van der Waals surface area (Å²) in [6.07, 6.45) is 1.36. The molecule has 7 heteroatoms. The molecule has 0 saturated carbocycles. The monoisotopic (exact) mass is 391 g/mol. The van der Waals surface area contributed by atoms with Crippen molar-refractivity contribution in [2.75, 3.05) is 5.32 Å². The third kappa shape index (κ3) is 4.72. The highest BCUT2D eigenvalue weighted by molar-refractivity contribution is 7.80. The summed E-state index contributed by atoms with van der Waals surface area (Å²) < 4.78 is 0. The van der Waals surface area contributed by atoms with Gasteiger partial charge in [-0.05, 0) is 42.0 Å². The lowest BCUT2D eigenvalue weighted by molar-refractivity contribution is 0.0696. The number of rotatable bonds is 5. The van der Waals surface area contributed by atoms with Crippen molar-refractivity contribution in [3.05, 3.63) is 83.9 Å². The van der Waals surface area contributed by atoms with Gasteiger partial charge >= 0.3 is 5.97 Å². The van der Waals surface area contributed by atoms with Gasteiger partial charge in [0.25, 0.3) is 0 Å². The van der Waals surface area contributed by atoms with Gasteiger partial charge in [-0.1, -0.05) is 48.5 Å². The van der Waals surface area contributed by atoms with Crippen LogP contribution in [0.1, 0.15) is 15.9 Å². The third-order valence-corrected chi connectivity index (χ3v) is 4.10. The fourth-order valence-corrected chi connectivity index (χ4v) is 2.72. The summed E-state index contributed by atoms with van der Waals surface area (Å²) in [7, 11) is 0. The number of hydrogen-bond donors (Lipinski definition) is 4. The first kappa shape index (κ1) is 19.1. The number of phenols is 1. The van der Waals surface area contributed by atoms with E-state index >= 15 is 0 Å². The molecule has 140 valence electrons. The standard InChI is InChI=1S/C21H17N3O3S/c25-19-12-15(20(26)27)10-11-16(19)13-22-24-21(28)23-18-9-5-4-8-17(18)14-6-2-1-3-7-14/h1-13,25H,(H,26,27)(H2,23,24,28). The number of aromatic hydroxyl groups is 1. The number of phenolic OH excluding ortho intramolecular Hbond substituents is 1. The van der Waals surface area contributed by atoms with Gasteiger partial charge in [0.15, 0.2) is 5.11 Å². The van der Waals surface area contributed by atoms with Crippen molar-refractivity contribution < 1.29 is 15.0 Å². The van der Waals surface area contributed by atoms with Crippen LogP contribution >= 0.6 is 12.2 Å². The minimum absolute atomic E-state index is 0.00249. The Balaban J connectivity index is 1.67. The first-order chi connectivity index (χ1) is 13.5. The molecular weight excluding hydrogens is 374 g/mol. The third-order valence-electron chi connectivity index (χ3n) is 3.91. The quantitative estimate of drug-likeness (QED) is 0.297. The average molecular weight is 391 g/mol. The second kappa shape index (κ2) is 8.79. The van der Waals surface area contributed by atoms with Gasteiger partial charge in [0.2, 0.25) is 0 Å². The molecule has 0 saturated heterocycles. The molecule has 0 heterocycles. The number of nitrogens with zero attached hydrogens (tertiary/aromatic N) is 1. The van der Waals surface area contributed by atoms with Crippen molar-refractivity contribution in [1.82, 2.24) is 5.43 Å².